The molecule has 8 nitrogen and oxygen atoms in total. The first-order valence-electron chi connectivity index (χ1n) is 5.03. The van der Waals surface area contributed by atoms with Gasteiger partial charge in [-0.3, -0.25) is 15.1 Å². The highest BCUT2D eigenvalue weighted by Gasteiger charge is 2.08. The highest BCUT2D eigenvalue weighted by Crippen LogP contribution is 2.21. The van der Waals surface area contributed by atoms with Gasteiger partial charge in [-0.25, -0.2) is 9.78 Å². The van der Waals surface area contributed by atoms with Gasteiger partial charge in [0.05, 0.1) is 16.7 Å². The predicted octanol–water partition coefficient (Wildman–Crippen LogP) is 1.88. The van der Waals surface area contributed by atoms with E-state index < -0.39 is 10.9 Å². The molecule has 96 valence electrons. The van der Waals surface area contributed by atoms with Crippen LogP contribution >= 0.6 is 0 Å². The van der Waals surface area contributed by atoms with Crippen molar-refractivity contribution in [2.75, 3.05) is 0 Å². The fourth-order valence-corrected chi connectivity index (χ4v) is 1.25. The van der Waals surface area contributed by atoms with E-state index in [0.717, 1.165) is 6.20 Å². The summed E-state index contributed by atoms with van der Waals surface area (Å²) >= 11 is 0. The minimum Gasteiger partial charge on any atom is -0.478 e. The number of nitrogens with zero attached hydrogens (tertiary/aromatic N) is 3. The number of aromatic nitrogens is 2. The van der Waals surface area contributed by atoms with Crippen molar-refractivity contribution >= 4 is 11.7 Å². The summed E-state index contributed by atoms with van der Waals surface area (Å²) in [6, 6.07) is 3.82. The molecular weight excluding hydrogens is 254 g/mol. The second-order valence-corrected chi connectivity index (χ2v) is 3.43. The van der Waals surface area contributed by atoms with Gasteiger partial charge in [-0.2, -0.15) is 0 Å². The summed E-state index contributed by atoms with van der Waals surface area (Å²) in [6.45, 7) is 0. The Balaban J connectivity index is 2.19. The van der Waals surface area contributed by atoms with Crippen LogP contribution in [0.4, 0.5) is 5.69 Å². The summed E-state index contributed by atoms with van der Waals surface area (Å²) in [4.78, 5) is 28.0. The molecule has 0 aliphatic heterocycles. The SMILES string of the molecule is O=C(O)c1cncc(Oc2ccc([N+](=O)[O-])cn2)c1. The van der Waals surface area contributed by atoms with Gasteiger partial charge in [0.25, 0.3) is 5.69 Å². The van der Waals surface area contributed by atoms with E-state index in [2.05, 4.69) is 9.97 Å². The third-order valence-electron chi connectivity index (χ3n) is 2.11. The first kappa shape index (κ1) is 12.4. The van der Waals surface area contributed by atoms with Crippen LogP contribution in [0.3, 0.4) is 0 Å². The number of hydrogen-bond acceptors (Lipinski definition) is 6. The predicted molar refractivity (Wildman–Crippen MR) is 62.2 cm³/mol. The van der Waals surface area contributed by atoms with Gasteiger partial charge >= 0.3 is 5.97 Å². The van der Waals surface area contributed by atoms with Crippen LogP contribution in [-0.4, -0.2) is 26.0 Å². The van der Waals surface area contributed by atoms with E-state index in [-0.39, 0.29) is 22.9 Å². The fraction of sp³-hybridized carbons (Fsp3) is 0. The van der Waals surface area contributed by atoms with Gasteiger partial charge < -0.3 is 9.84 Å². The van der Waals surface area contributed by atoms with Gasteiger partial charge in [0.15, 0.2) is 0 Å². The number of carboxylic acid groups (broad SMARTS) is 1. The lowest BCUT2D eigenvalue weighted by atomic mass is 10.3. The van der Waals surface area contributed by atoms with Crippen molar-refractivity contribution in [2.24, 2.45) is 0 Å². The maximum absolute atomic E-state index is 10.7. The van der Waals surface area contributed by atoms with Crippen LogP contribution in [0.1, 0.15) is 10.4 Å². The van der Waals surface area contributed by atoms with Gasteiger partial charge in [-0.1, -0.05) is 0 Å². The Kier molecular flexibility index (Phi) is 3.33. The van der Waals surface area contributed by atoms with Crippen LogP contribution in [0, 0.1) is 10.1 Å². The molecule has 0 atom stereocenters. The molecule has 2 aromatic heterocycles. The minimum absolute atomic E-state index is 0.0283. The third kappa shape index (κ3) is 3.00. The molecule has 2 aromatic rings. The maximum Gasteiger partial charge on any atom is 0.337 e. The summed E-state index contributed by atoms with van der Waals surface area (Å²) in [6.07, 6.45) is 3.54. The summed E-state index contributed by atoms with van der Waals surface area (Å²) < 4.78 is 5.24. The van der Waals surface area contributed by atoms with Crippen LogP contribution in [-0.2, 0) is 0 Å². The molecule has 0 radical (unpaired) electrons. The molecule has 2 heterocycles. The number of carboxylic acids is 1. The van der Waals surface area contributed by atoms with Crippen LogP contribution in [0.15, 0.2) is 36.8 Å². The first-order chi connectivity index (χ1) is 9.06. The van der Waals surface area contributed by atoms with Gasteiger partial charge in [-0.15, -0.1) is 0 Å². The monoisotopic (exact) mass is 261 g/mol. The van der Waals surface area contributed by atoms with Crippen molar-refractivity contribution in [1.29, 1.82) is 0 Å². The van der Waals surface area contributed by atoms with Crippen LogP contribution in [0.2, 0.25) is 0 Å². The quantitative estimate of drug-likeness (QED) is 0.659. The normalized spacial score (nSPS) is 9.89. The van der Waals surface area contributed by atoms with Gasteiger partial charge in [0.1, 0.15) is 11.9 Å². The Morgan fingerprint density at radius 3 is 2.68 bits per heavy atom. The van der Waals surface area contributed by atoms with E-state index in [9.17, 15) is 14.9 Å². The minimum atomic E-state index is -1.13. The Hall–Kier alpha value is -3.03. The van der Waals surface area contributed by atoms with E-state index >= 15 is 0 Å². The second kappa shape index (κ2) is 5.08. The summed E-state index contributed by atoms with van der Waals surface area (Å²) in [5, 5.41) is 19.2. The van der Waals surface area contributed by atoms with E-state index in [1.54, 1.807) is 0 Å². The highest BCUT2D eigenvalue weighted by atomic mass is 16.6. The van der Waals surface area contributed by atoms with Crippen molar-refractivity contribution < 1.29 is 19.6 Å². The fourth-order valence-electron chi connectivity index (χ4n) is 1.25. The molecule has 0 fully saturated rings. The van der Waals surface area contributed by atoms with Crippen molar-refractivity contribution in [1.82, 2.24) is 9.97 Å². The van der Waals surface area contributed by atoms with E-state index in [4.69, 9.17) is 9.84 Å². The number of ether oxygens (including phenoxy) is 1. The number of nitro groups is 1. The number of carbonyl (C=O) groups is 1. The van der Waals surface area contributed by atoms with Crippen LogP contribution in [0.5, 0.6) is 11.6 Å². The first-order valence-corrected chi connectivity index (χ1v) is 5.03. The molecule has 19 heavy (non-hydrogen) atoms. The van der Waals surface area contributed by atoms with Gasteiger partial charge in [0, 0.05) is 18.3 Å². The van der Waals surface area contributed by atoms with E-state index in [1.165, 1.54) is 30.6 Å². The van der Waals surface area contributed by atoms with Crippen LogP contribution in [0.25, 0.3) is 0 Å². The Morgan fingerprint density at radius 1 is 1.32 bits per heavy atom. The molecule has 0 saturated carbocycles. The molecule has 2 rings (SSSR count). The number of hydrogen-bond donors (Lipinski definition) is 1. The molecule has 1 N–H and O–H groups in total. The lowest BCUT2D eigenvalue weighted by molar-refractivity contribution is -0.385. The number of rotatable bonds is 4. The Labute approximate surface area is 106 Å². The average Bonchev–Trinajstić information content (AvgIpc) is 2.39. The smallest absolute Gasteiger partial charge is 0.337 e. The number of pyridine rings is 2. The van der Waals surface area contributed by atoms with Crippen molar-refractivity contribution in [3.8, 4) is 11.6 Å². The average molecular weight is 261 g/mol. The van der Waals surface area contributed by atoms with Gasteiger partial charge in [-0.05, 0) is 6.07 Å². The Morgan fingerprint density at radius 2 is 2.11 bits per heavy atom. The number of aromatic carboxylic acids is 1. The largest absolute Gasteiger partial charge is 0.478 e. The molecule has 0 aliphatic carbocycles. The van der Waals surface area contributed by atoms with Crippen molar-refractivity contribution in [3.05, 3.63) is 52.5 Å². The lowest BCUT2D eigenvalue weighted by Crippen LogP contribution is -1.98. The highest BCUT2D eigenvalue weighted by molar-refractivity contribution is 5.87. The zero-order valence-electron chi connectivity index (χ0n) is 9.39. The molecule has 0 bridgehead atoms. The zero-order chi connectivity index (χ0) is 13.8. The summed E-state index contributed by atoms with van der Waals surface area (Å²) in [7, 11) is 0. The summed E-state index contributed by atoms with van der Waals surface area (Å²) in [5.41, 5.74) is -0.191. The molecule has 0 unspecified atom stereocenters. The Bertz CT molecular complexity index is 626. The molecule has 0 aliphatic rings. The van der Waals surface area contributed by atoms with E-state index in [0.29, 0.717) is 0 Å². The zero-order valence-corrected chi connectivity index (χ0v) is 9.39. The molecule has 0 saturated heterocycles. The second-order valence-electron chi connectivity index (χ2n) is 3.43. The molecular formula is C11H7N3O5. The van der Waals surface area contributed by atoms with Gasteiger partial charge in [0.2, 0.25) is 5.88 Å². The van der Waals surface area contributed by atoms with Crippen molar-refractivity contribution in [2.45, 2.75) is 0 Å². The standard InChI is InChI=1S/C11H7N3O5/c15-11(16)7-3-9(6-12-4-7)19-10-2-1-8(5-13-10)14(17)18/h1-6H,(H,15,16). The van der Waals surface area contributed by atoms with E-state index in [1.807, 2.05) is 0 Å². The molecule has 0 spiro atoms. The lowest BCUT2D eigenvalue weighted by Gasteiger charge is -2.04. The van der Waals surface area contributed by atoms with Crippen LogP contribution < -0.4 is 4.74 Å². The maximum atomic E-state index is 10.7. The summed E-state index contributed by atoms with van der Waals surface area (Å²) in [5.74, 6) is -0.842. The molecule has 0 aromatic carbocycles. The molecule has 0 amide bonds. The van der Waals surface area contributed by atoms with Crippen molar-refractivity contribution in [3.63, 3.8) is 0 Å². The molecule has 8 heteroatoms. The topological polar surface area (TPSA) is 115 Å². The third-order valence-corrected chi connectivity index (χ3v) is 2.11.